The fourth-order valence-corrected chi connectivity index (χ4v) is 4.10. The molecule has 0 unspecified atom stereocenters. The number of sulfonamides is 1. The van der Waals surface area contributed by atoms with E-state index in [0.717, 1.165) is 24.2 Å². The van der Waals surface area contributed by atoms with Crippen molar-refractivity contribution in [1.82, 2.24) is 10.0 Å². The van der Waals surface area contributed by atoms with Gasteiger partial charge in [0.05, 0.1) is 4.90 Å². The van der Waals surface area contributed by atoms with Crippen molar-refractivity contribution >= 4 is 27.5 Å². The molecule has 2 aromatic carbocycles. The summed E-state index contributed by atoms with van der Waals surface area (Å²) < 4.78 is 26.8. The molecule has 0 spiro atoms. The second kappa shape index (κ2) is 9.02. The fraction of sp³-hybridized carbons (Fsp3) is 0.238. The predicted octanol–water partition coefficient (Wildman–Crippen LogP) is 2.21. The predicted molar refractivity (Wildman–Crippen MR) is 111 cm³/mol. The van der Waals surface area contributed by atoms with Crippen LogP contribution in [0.5, 0.6) is 0 Å². The molecule has 1 aliphatic heterocycles. The maximum absolute atomic E-state index is 12.4. The van der Waals surface area contributed by atoms with Crippen LogP contribution in [0.4, 0.5) is 5.69 Å². The molecule has 7 nitrogen and oxygen atoms in total. The summed E-state index contributed by atoms with van der Waals surface area (Å²) in [5, 5.41) is 2.78. The normalized spacial score (nSPS) is 14.1. The summed E-state index contributed by atoms with van der Waals surface area (Å²) >= 11 is 0. The average Bonchev–Trinajstić information content (AvgIpc) is 3.17. The van der Waals surface area contributed by atoms with E-state index in [1.54, 1.807) is 11.0 Å². The third-order valence-electron chi connectivity index (χ3n) is 4.60. The van der Waals surface area contributed by atoms with Gasteiger partial charge in [0, 0.05) is 37.3 Å². The Morgan fingerprint density at radius 2 is 1.93 bits per heavy atom. The first-order chi connectivity index (χ1) is 13.9. The van der Waals surface area contributed by atoms with E-state index < -0.39 is 10.0 Å². The molecule has 0 radical (unpaired) electrons. The molecule has 2 amide bonds. The highest BCUT2D eigenvalue weighted by Gasteiger charge is 2.21. The second-order valence-corrected chi connectivity index (χ2v) is 8.43. The minimum atomic E-state index is -3.70. The van der Waals surface area contributed by atoms with E-state index in [9.17, 15) is 18.0 Å². The number of nitrogens with zero attached hydrogens (tertiary/aromatic N) is 1. The fourth-order valence-electron chi connectivity index (χ4n) is 3.06. The molecule has 0 saturated carbocycles. The highest BCUT2D eigenvalue weighted by Crippen LogP contribution is 2.21. The van der Waals surface area contributed by atoms with Crippen LogP contribution in [0.1, 0.15) is 28.8 Å². The van der Waals surface area contributed by atoms with E-state index in [2.05, 4.69) is 16.6 Å². The summed E-state index contributed by atoms with van der Waals surface area (Å²) in [6.45, 7) is 4.61. The van der Waals surface area contributed by atoms with Gasteiger partial charge >= 0.3 is 0 Å². The molecular formula is C21H23N3O4S. The Morgan fingerprint density at radius 3 is 2.59 bits per heavy atom. The maximum atomic E-state index is 12.4. The van der Waals surface area contributed by atoms with Crippen molar-refractivity contribution in [3.63, 3.8) is 0 Å². The van der Waals surface area contributed by atoms with Gasteiger partial charge in [-0.15, -0.1) is 6.58 Å². The smallest absolute Gasteiger partial charge is 0.251 e. The number of hydrogen-bond acceptors (Lipinski definition) is 4. The number of nitrogens with one attached hydrogen (secondary N) is 2. The largest absolute Gasteiger partial charge is 0.348 e. The van der Waals surface area contributed by atoms with Crippen LogP contribution in [0.3, 0.4) is 0 Å². The summed E-state index contributed by atoms with van der Waals surface area (Å²) in [5.74, 6) is -0.243. The highest BCUT2D eigenvalue weighted by molar-refractivity contribution is 7.89. The first-order valence-electron chi connectivity index (χ1n) is 9.29. The number of hydrogen-bond donors (Lipinski definition) is 2. The molecule has 1 heterocycles. The highest BCUT2D eigenvalue weighted by atomic mass is 32.2. The summed E-state index contributed by atoms with van der Waals surface area (Å²) in [6, 6.07) is 13.3. The molecule has 2 N–H and O–H groups in total. The Labute approximate surface area is 170 Å². The van der Waals surface area contributed by atoms with Crippen LogP contribution >= 0.6 is 0 Å². The minimum absolute atomic E-state index is 0.0200. The van der Waals surface area contributed by atoms with Crippen LogP contribution < -0.4 is 14.9 Å². The second-order valence-electron chi connectivity index (χ2n) is 6.67. The van der Waals surface area contributed by atoms with Gasteiger partial charge in [0.2, 0.25) is 15.9 Å². The lowest BCUT2D eigenvalue weighted by molar-refractivity contribution is -0.117. The van der Waals surface area contributed by atoms with Gasteiger partial charge in [-0.25, -0.2) is 13.1 Å². The molecule has 1 saturated heterocycles. The zero-order chi connectivity index (χ0) is 20.9. The summed E-state index contributed by atoms with van der Waals surface area (Å²) in [4.78, 5) is 26.0. The molecule has 0 aromatic heterocycles. The first kappa shape index (κ1) is 20.8. The lowest BCUT2D eigenvalue weighted by atomic mass is 10.1. The van der Waals surface area contributed by atoms with Gasteiger partial charge in [-0.2, -0.15) is 0 Å². The van der Waals surface area contributed by atoms with E-state index in [-0.39, 0.29) is 28.8 Å². The minimum Gasteiger partial charge on any atom is -0.348 e. The molecular weight excluding hydrogens is 390 g/mol. The molecule has 152 valence electrons. The van der Waals surface area contributed by atoms with Crippen LogP contribution in [0, 0.1) is 0 Å². The third kappa shape index (κ3) is 5.10. The summed E-state index contributed by atoms with van der Waals surface area (Å²) in [5.41, 5.74) is 1.99. The van der Waals surface area contributed by atoms with Gasteiger partial charge in [0.15, 0.2) is 0 Å². The lowest BCUT2D eigenvalue weighted by Gasteiger charge is -2.16. The van der Waals surface area contributed by atoms with Gasteiger partial charge in [-0.05, 0) is 42.3 Å². The topological polar surface area (TPSA) is 95.6 Å². The lowest BCUT2D eigenvalue weighted by Crippen LogP contribution is -2.26. The molecule has 1 fully saturated rings. The van der Waals surface area contributed by atoms with Gasteiger partial charge in [0.25, 0.3) is 5.91 Å². The van der Waals surface area contributed by atoms with Crippen molar-refractivity contribution in [3.05, 3.63) is 72.3 Å². The Bertz CT molecular complexity index is 1020. The zero-order valence-corrected chi connectivity index (χ0v) is 16.7. The van der Waals surface area contributed by atoms with E-state index in [1.807, 2.05) is 24.3 Å². The molecule has 1 aliphatic rings. The summed E-state index contributed by atoms with van der Waals surface area (Å²) in [7, 11) is -3.70. The molecule has 8 heteroatoms. The van der Waals surface area contributed by atoms with Crippen LogP contribution in [-0.4, -0.2) is 33.3 Å². The Balaban J connectivity index is 1.63. The number of carbonyl (C=O) groups excluding carboxylic acids is 2. The van der Waals surface area contributed by atoms with Gasteiger partial charge in [0.1, 0.15) is 0 Å². The van der Waals surface area contributed by atoms with Crippen LogP contribution in [-0.2, 0) is 21.4 Å². The number of rotatable bonds is 8. The Hall–Kier alpha value is -2.97. The van der Waals surface area contributed by atoms with Crippen molar-refractivity contribution in [2.75, 3.05) is 18.0 Å². The average molecular weight is 413 g/mol. The molecule has 2 aromatic rings. The van der Waals surface area contributed by atoms with Crippen molar-refractivity contribution < 1.29 is 18.0 Å². The van der Waals surface area contributed by atoms with Crippen LogP contribution in [0.2, 0.25) is 0 Å². The van der Waals surface area contributed by atoms with Crippen LogP contribution in [0.15, 0.2) is 66.1 Å². The number of anilines is 1. The van der Waals surface area contributed by atoms with Gasteiger partial charge < -0.3 is 10.2 Å². The Morgan fingerprint density at radius 1 is 1.17 bits per heavy atom. The van der Waals surface area contributed by atoms with Crippen molar-refractivity contribution in [2.45, 2.75) is 24.3 Å². The molecule has 0 aliphatic carbocycles. The molecule has 29 heavy (non-hydrogen) atoms. The van der Waals surface area contributed by atoms with Crippen molar-refractivity contribution in [1.29, 1.82) is 0 Å². The van der Waals surface area contributed by atoms with E-state index in [1.165, 1.54) is 24.3 Å². The molecule has 0 atom stereocenters. The number of carbonyl (C=O) groups is 2. The zero-order valence-electron chi connectivity index (χ0n) is 15.9. The van der Waals surface area contributed by atoms with Crippen molar-refractivity contribution in [2.24, 2.45) is 0 Å². The Kier molecular flexibility index (Phi) is 6.46. The van der Waals surface area contributed by atoms with Gasteiger partial charge in [-0.1, -0.05) is 24.3 Å². The van der Waals surface area contributed by atoms with Gasteiger partial charge in [-0.3, -0.25) is 9.59 Å². The quantitative estimate of drug-likeness (QED) is 0.649. The number of benzene rings is 2. The summed E-state index contributed by atoms with van der Waals surface area (Å²) in [6.07, 6.45) is 2.89. The van der Waals surface area contributed by atoms with Crippen molar-refractivity contribution in [3.8, 4) is 0 Å². The SMILES string of the molecule is C=CCNS(=O)(=O)c1cccc(C(=O)NCc2ccc(N3CCCC3=O)cc2)c1. The third-order valence-corrected chi connectivity index (χ3v) is 6.02. The number of amides is 2. The van der Waals surface area contributed by atoms with E-state index >= 15 is 0 Å². The molecule has 3 rings (SSSR count). The maximum Gasteiger partial charge on any atom is 0.251 e. The molecule has 0 bridgehead atoms. The van der Waals surface area contributed by atoms with Crippen LogP contribution in [0.25, 0.3) is 0 Å². The van der Waals surface area contributed by atoms with E-state index in [4.69, 9.17) is 0 Å². The monoisotopic (exact) mass is 413 g/mol. The standard InChI is InChI=1S/C21H23N3O4S/c1-2-12-23-29(27,28)19-6-3-5-17(14-19)21(26)22-15-16-8-10-18(11-9-16)24-13-4-7-20(24)25/h2-3,5-6,8-11,14,23H,1,4,7,12-13,15H2,(H,22,26). The van der Waals surface area contributed by atoms with E-state index in [0.29, 0.717) is 13.0 Å². The first-order valence-corrected chi connectivity index (χ1v) is 10.8.